The molecule has 0 saturated carbocycles. The Morgan fingerprint density at radius 3 is 2.56 bits per heavy atom. The summed E-state index contributed by atoms with van der Waals surface area (Å²) >= 11 is 0. The molecule has 9 heteroatoms. The minimum Gasteiger partial charge on any atom is -0.484 e. The van der Waals surface area contributed by atoms with E-state index < -0.39 is 11.9 Å². The normalized spacial score (nSPS) is 11.6. The van der Waals surface area contributed by atoms with Gasteiger partial charge in [0, 0.05) is 12.7 Å². The third kappa shape index (κ3) is 4.59. The monoisotopic (exact) mass is 460 g/mol. The molecule has 0 atom stereocenters. The summed E-state index contributed by atoms with van der Waals surface area (Å²) in [6.45, 7) is 3.81. The number of rotatable bonds is 7. The molecule has 9 nitrogen and oxygen atoms in total. The Morgan fingerprint density at radius 2 is 1.82 bits per heavy atom. The summed E-state index contributed by atoms with van der Waals surface area (Å²) in [5, 5.41) is 0.229. The van der Waals surface area contributed by atoms with Crippen LogP contribution in [0.1, 0.15) is 30.6 Å². The lowest BCUT2D eigenvalue weighted by Crippen LogP contribution is -2.33. The molecule has 3 heterocycles. The van der Waals surface area contributed by atoms with E-state index in [-0.39, 0.29) is 35.2 Å². The van der Waals surface area contributed by atoms with Gasteiger partial charge in [0.2, 0.25) is 0 Å². The van der Waals surface area contributed by atoms with Gasteiger partial charge in [0.1, 0.15) is 22.6 Å². The molecule has 34 heavy (non-hydrogen) atoms. The fourth-order valence-corrected chi connectivity index (χ4v) is 3.60. The van der Waals surface area contributed by atoms with Crippen molar-refractivity contribution in [1.29, 1.82) is 0 Å². The van der Waals surface area contributed by atoms with Gasteiger partial charge in [-0.1, -0.05) is 31.2 Å². The van der Waals surface area contributed by atoms with Crippen molar-refractivity contribution in [2.75, 3.05) is 13.2 Å². The number of pyridine rings is 2. The van der Waals surface area contributed by atoms with Crippen LogP contribution in [0.3, 0.4) is 0 Å². The quantitative estimate of drug-likeness (QED) is 0.310. The predicted octanol–water partition coefficient (Wildman–Crippen LogP) is 2.74. The molecule has 3 aromatic heterocycles. The lowest BCUT2D eigenvalue weighted by atomic mass is 10.2. The molecule has 0 N–H and O–H groups in total. The molecular formula is C25H24N4O5. The van der Waals surface area contributed by atoms with E-state index in [1.54, 1.807) is 60.2 Å². The summed E-state index contributed by atoms with van der Waals surface area (Å²) in [5.74, 6) is -0.740. The van der Waals surface area contributed by atoms with Gasteiger partial charge in [-0.3, -0.25) is 14.0 Å². The number of ether oxygens (including phenoxy) is 2. The van der Waals surface area contributed by atoms with E-state index in [1.807, 2.05) is 13.0 Å². The van der Waals surface area contributed by atoms with E-state index in [2.05, 4.69) is 9.98 Å². The standard InChI is InChI=1S/C25H24N4O5/c1-3-13-29-22-18(24(31)28-14-9-8-12-20(28)26-22)15-19(25(32)33-4-2)23(29)27-21(30)16-34-17-10-6-5-7-11-17/h5-12,14-15H,3-4,13,16H2,1-2H3. The number of hydrogen-bond donors (Lipinski definition) is 0. The summed E-state index contributed by atoms with van der Waals surface area (Å²) in [7, 11) is 0. The second-order valence-electron chi connectivity index (χ2n) is 7.44. The van der Waals surface area contributed by atoms with Crippen LogP contribution >= 0.6 is 0 Å². The molecule has 0 aliphatic carbocycles. The van der Waals surface area contributed by atoms with Crippen LogP contribution in [0.25, 0.3) is 16.7 Å². The highest BCUT2D eigenvalue weighted by atomic mass is 16.5. The number of nitrogens with zero attached hydrogens (tertiary/aromatic N) is 4. The number of para-hydroxylation sites is 1. The molecule has 0 radical (unpaired) electrons. The van der Waals surface area contributed by atoms with Crippen molar-refractivity contribution in [1.82, 2.24) is 14.0 Å². The molecule has 0 aliphatic heterocycles. The van der Waals surface area contributed by atoms with Gasteiger partial charge in [-0.05, 0) is 43.7 Å². The Balaban J connectivity index is 1.94. The minimum absolute atomic E-state index is 0.0191. The zero-order valence-electron chi connectivity index (χ0n) is 18.9. The molecule has 0 bridgehead atoms. The van der Waals surface area contributed by atoms with E-state index in [4.69, 9.17) is 9.47 Å². The largest absolute Gasteiger partial charge is 0.484 e. The van der Waals surface area contributed by atoms with Crippen LogP contribution in [0.2, 0.25) is 0 Å². The first kappa shape index (κ1) is 22.9. The number of aromatic nitrogens is 3. The number of esters is 1. The summed E-state index contributed by atoms with van der Waals surface area (Å²) in [6, 6.07) is 15.5. The summed E-state index contributed by atoms with van der Waals surface area (Å²) in [4.78, 5) is 47.6. The third-order valence-corrected chi connectivity index (χ3v) is 5.07. The van der Waals surface area contributed by atoms with Crippen LogP contribution in [0.5, 0.6) is 5.75 Å². The van der Waals surface area contributed by atoms with E-state index in [9.17, 15) is 14.4 Å². The minimum atomic E-state index is -0.678. The van der Waals surface area contributed by atoms with Crippen molar-refractivity contribution in [2.24, 2.45) is 4.99 Å². The van der Waals surface area contributed by atoms with Crippen molar-refractivity contribution >= 4 is 28.6 Å². The summed E-state index contributed by atoms with van der Waals surface area (Å²) in [5.41, 5.74) is 0.550. The van der Waals surface area contributed by atoms with Gasteiger partial charge in [-0.15, -0.1) is 0 Å². The molecule has 1 amide bonds. The van der Waals surface area contributed by atoms with E-state index in [0.29, 0.717) is 30.0 Å². The molecule has 4 aromatic rings. The van der Waals surface area contributed by atoms with Crippen LogP contribution in [-0.2, 0) is 16.1 Å². The van der Waals surface area contributed by atoms with Gasteiger partial charge < -0.3 is 14.0 Å². The SMILES string of the molecule is CCCn1c(=NC(=O)COc2ccccc2)c(C(=O)OCC)cc2c(=O)n3ccccc3nc21. The highest BCUT2D eigenvalue weighted by Crippen LogP contribution is 2.12. The van der Waals surface area contributed by atoms with Crippen molar-refractivity contribution < 1.29 is 19.1 Å². The topological polar surface area (TPSA) is 104 Å². The fraction of sp³-hybridized carbons (Fsp3) is 0.240. The Bertz CT molecular complexity index is 1490. The molecule has 174 valence electrons. The van der Waals surface area contributed by atoms with E-state index in [1.165, 1.54) is 10.5 Å². The molecule has 0 spiro atoms. The van der Waals surface area contributed by atoms with Crippen LogP contribution < -0.4 is 15.8 Å². The highest BCUT2D eigenvalue weighted by molar-refractivity contribution is 5.93. The van der Waals surface area contributed by atoms with Gasteiger partial charge in [0.15, 0.2) is 12.1 Å². The van der Waals surface area contributed by atoms with Gasteiger partial charge >= 0.3 is 5.97 Å². The highest BCUT2D eigenvalue weighted by Gasteiger charge is 2.19. The van der Waals surface area contributed by atoms with Crippen LogP contribution in [-0.4, -0.2) is 39.0 Å². The van der Waals surface area contributed by atoms with Gasteiger partial charge in [0.05, 0.1) is 12.0 Å². The average Bonchev–Trinajstić information content (AvgIpc) is 2.85. The number of amides is 1. The maximum atomic E-state index is 13.2. The number of carbonyl (C=O) groups excluding carboxylic acids is 2. The zero-order chi connectivity index (χ0) is 24.1. The van der Waals surface area contributed by atoms with Crippen molar-refractivity contribution in [3.05, 3.63) is 82.2 Å². The molecule has 0 saturated heterocycles. The van der Waals surface area contributed by atoms with E-state index >= 15 is 0 Å². The maximum Gasteiger partial charge on any atom is 0.341 e. The third-order valence-electron chi connectivity index (χ3n) is 5.07. The Labute approximate surface area is 194 Å². The number of fused-ring (bicyclic) bond motifs is 2. The molecule has 0 aliphatic rings. The van der Waals surface area contributed by atoms with Gasteiger partial charge in [0.25, 0.3) is 11.5 Å². The smallest absolute Gasteiger partial charge is 0.341 e. The second-order valence-corrected chi connectivity index (χ2v) is 7.44. The molecule has 4 rings (SSSR count). The number of benzene rings is 1. The average molecular weight is 460 g/mol. The Morgan fingerprint density at radius 1 is 1.06 bits per heavy atom. The van der Waals surface area contributed by atoms with E-state index in [0.717, 1.165) is 0 Å². The summed E-state index contributed by atoms with van der Waals surface area (Å²) in [6.07, 6.45) is 2.26. The molecular weight excluding hydrogens is 436 g/mol. The number of aryl methyl sites for hydroxylation is 1. The predicted molar refractivity (Wildman–Crippen MR) is 126 cm³/mol. The molecule has 1 aromatic carbocycles. The lowest BCUT2D eigenvalue weighted by molar-refractivity contribution is -0.120. The van der Waals surface area contributed by atoms with Crippen molar-refractivity contribution in [2.45, 2.75) is 26.8 Å². The van der Waals surface area contributed by atoms with Gasteiger partial charge in [-0.25, -0.2) is 9.78 Å². The van der Waals surface area contributed by atoms with Crippen molar-refractivity contribution in [3.8, 4) is 5.75 Å². The first-order chi connectivity index (χ1) is 16.5. The van der Waals surface area contributed by atoms with Gasteiger partial charge in [-0.2, -0.15) is 4.99 Å². The lowest BCUT2D eigenvalue weighted by Gasteiger charge is -2.14. The first-order valence-electron chi connectivity index (χ1n) is 11.0. The van der Waals surface area contributed by atoms with Crippen LogP contribution in [0, 0.1) is 0 Å². The maximum absolute atomic E-state index is 13.2. The van der Waals surface area contributed by atoms with Crippen LogP contribution in [0.4, 0.5) is 0 Å². The Hall–Kier alpha value is -4.27. The number of carbonyl (C=O) groups is 2. The van der Waals surface area contributed by atoms with Crippen molar-refractivity contribution in [3.63, 3.8) is 0 Å². The zero-order valence-corrected chi connectivity index (χ0v) is 18.9. The van der Waals surface area contributed by atoms with Crippen LogP contribution in [0.15, 0.2) is 70.6 Å². The number of hydrogen-bond acceptors (Lipinski definition) is 6. The molecule has 0 unspecified atom stereocenters. The molecule has 0 fully saturated rings. The summed E-state index contributed by atoms with van der Waals surface area (Å²) < 4.78 is 13.7. The fourth-order valence-electron chi connectivity index (χ4n) is 3.60. The Kier molecular flexibility index (Phi) is 6.82. The second kappa shape index (κ2) is 10.1. The first-order valence-corrected chi connectivity index (χ1v) is 11.0.